The number of nitrogens with one attached hydrogen (secondary N) is 2. The lowest BCUT2D eigenvalue weighted by Gasteiger charge is -2.32. The molecule has 2 aliphatic heterocycles. The Bertz CT molecular complexity index is 711. The number of rotatable bonds is 2. The van der Waals surface area contributed by atoms with Gasteiger partial charge in [-0.3, -0.25) is 9.69 Å². The molecule has 0 unspecified atom stereocenters. The van der Waals surface area contributed by atoms with E-state index in [-0.39, 0.29) is 11.9 Å². The van der Waals surface area contributed by atoms with Gasteiger partial charge in [0.2, 0.25) is 0 Å². The van der Waals surface area contributed by atoms with Crippen LogP contribution in [-0.4, -0.2) is 41.0 Å². The van der Waals surface area contributed by atoms with Crippen molar-refractivity contribution in [2.24, 2.45) is 0 Å². The minimum Gasteiger partial charge on any atom is -0.350 e. The Morgan fingerprint density at radius 3 is 3.05 bits per heavy atom. The maximum Gasteiger partial charge on any atom is 0.268 e. The SMILES string of the molecule is O=C(N[C@H]1CCN2CCCC[C@H]12)c1cc2ccc(Cl)cc2[nH]1. The van der Waals surface area contributed by atoms with E-state index >= 15 is 0 Å². The lowest BCUT2D eigenvalue weighted by Crippen LogP contribution is -2.46. The second-order valence-corrected chi connectivity index (χ2v) is 6.82. The van der Waals surface area contributed by atoms with Crippen LogP contribution in [0, 0.1) is 0 Å². The molecule has 1 aromatic carbocycles. The van der Waals surface area contributed by atoms with Gasteiger partial charge in [-0.2, -0.15) is 0 Å². The summed E-state index contributed by atoms with van der Waals surface area (Å²) in [5.41, 5.74) is 1.52. The quantitative estimate of drug-likeness (QED) is 0.893. The van der Waals surface area contributed by atoms with Crippen molar-refractivity contribution in [3.05, 3.63) is 35.0 Å². The molecule has 2 aromatic rings. The van der Waals surface area contributed by atoms with E-state index in [1.54, 1.807) is 0 Å². The Labute approximate surface area is 134 Å². The van der Waals surface area contributed by atoms with Gasteiger partial charge in [0.05, 0.1) is 0 Å². The minimum atomic E-state index is -0.00949. The van der Waals surface area contributed by atoms with Crippen molar-refractivity contribution in [3.8, 4) is 0 Å². The first kappa shape index (κ1) is 14.1. The number of H-pyrrole nitrogens is 1. The molecule has 0 aliphatic carbocycles. The summed E-state index contributed by atoms with van der Waals surface area (Å²) in [5, 5.41) is 4.92. The third-order valence-corrected chi connectivity index (χ3v) is 5.24. The van der Waals surface area contributed by atoms with Crippen molar-refractivity contribution in [1.82, 2.24) is 15.2 Å². The number of aromatic nitrogens is 1. The second kappa shape index (κ2) is 5.60. The van der Waals surface area contributed by atoms with Crippen LogP contribution in [0.5, 0.6) is 0 Å². The predicted molar refractivity (Wildman–Crippen MR) is 88.4 cm³/mol. The van der Waals surface area contributed by atoms with Crippen molar-refractivity contribution in [1.29, 1.82) is 0 Å². The highest BCUT2D eigenvalue weighted by Gasteiger charge is 2.36. The maximum atomic E-state index is 12.5. The van der Waals surface area contributed by atoms with E-state index in [0.717, 1.165) is 23.9 Å². The van der Waals surface area contributed by atoms with Crippen LogP contribution in [0.4, 0.5) is 0 Å². The molecule has 2 saturated heterocycles. The van der Waals surface area contributed by atoms with Crippen LogP contribution in [0.2, 0.25) is 5.02 Å². The average Bonchev–Trinajstić information content (AvgIpc) is 3.11. The fourth-order valence-electron chi connectivity index (χ4n) is 3.88. The fourth-order valence-corrected chi connectivity index (χ4v) is 4.06. The minimum absolute atomic E-state index is 0.00949. The normalized spacial score (nSPS) is 25.3. The summed E-state index contributed by atoms with van der Waals surface area (Å²) in [5.74, 6) is -0.00949. The van der Waals surface area contributed by atoms with Crippen LogP contribution < -0.4 is 5.32 Å². The first-order chi connectivity index (χ1) is 10.7. The molecule has 2 aliphatic rings. The van der Waals surface area contributed by atoms with Gasteiger partial charge in [-0.1, -0.05) is 24.1 Å². The van der Waals surface area contributed by atoms with E-state index in [1.807, 2.05) is 24.3 Å². The number of nitrogens with zero attached hydrogens (tertiary/aromatic N) is 1. The number of carbonyl (C=O) groups excluding carboxylic acids is 1. The Kier molecular flexibility index (Phi) is 3.59. The van der Waals surface area contributed by atoms with E-state index in [4.69, 9.17) is 11.6 Å². The molecular weight excluding hydrogens is 298 g/mol. The predicted octanol–water partition coefficient (Wildman–Crippen LogP) is 3.18. The van der Waals surface area contributed by atoms with Crippen molar-refractivity contribution < 1.29 is 4.79 Å². The van der Waals surface area contributed by atoms with Crippen molar-refractivity contribution in [2.75, 3.05) is 13.1 Å². The summed E-state index contributed by atoms with van der Waals surface area (Å²) < 4.78 is 0. The van der Waals surface area contributed by atoms with Gasteiger partial charge in [0, 0.05) is 34.6 Å². The zero-order chi connectivity index (χ0) is 15.1. The number of hydrogen-bond acceptors (Lipinski definition) is 2. The van der Waals surface area contributed by atoms with Crippen LogP contribution >= 0.6 is 11.6 Å². The highest BCUT2D eigenvalue weighted by molar-refractivity contribution is 6.31. The number of benzene rings is 1. The Balaban J connectivity index is 1.51. The third-order valence-electron chi connectivity index (χ3n) is 5.00. The highest BCUT2D eigenvalue weighted by atomic mass is 35.5. The molecule has 2 atom stereocenters. The second-order valence-electron chi connectivity index (χ2n) is 6.38. The summed E-state index contributed by atoms with van der Waals surface area (Å²) in [4.78, 5) is 18.2. The molecule has 3 heterocycles. The van der Waals surface area contributed by atoms with Crippen LogP contribution in [0.3, 0.4) is 0 Å². The molecule has 22 heavy (non-hydrogen) atoms. The first-order valence-corrected chi connectivity index (χ1v) is 8.42. The first-order valence-electron chi connectivity index (χ1n) is 8.04. The Hall–Kier alpha value is -1.52. The molecule has 4 nitrogen and oxygen atoms in total. The molecule has 1 amide bonds. The Morgan fingerprint density at radius 2 is 2.14 bits per heavy atom. The van der Waals surface area contributed by atoms with Crippen molar-refractivity contribution >= 4 is 28.4 Å². The largest absolute Gasteiger partial charge is 0.350 e. The smallest absolute Gasteiger partial charge is 0.268 e. The lowest BCUT2D eigenvalue weighted by molar-refractivity contribution is 0.0911. The molecule has 4 rings (SSSR count). The van der Waals surface area contributed by atoms with Crippen molar-refractivity contribution in [2.45, 2.75) is 37.8 Å². The molecule has 1 aromatic heterocycles. The van der Waals surface area contributed by atoms with E-state index in [9.17, 15) is 4.79 Å². The molecule has 2 fully saturated rings. The topological polar surface area (TPSA) is 48.1 Å². The van der Waals surface area contributed by atoms with Gasteiger partial charge >= 0.3 is 0 Å². The zero-order valence-electron chi connectivity index (χ0n) is 12.4. The monoisotopic (exact) mass is 317 g/mol. The maximum absolute atomic E-state index is 12.5. The fraction of sp³-hybridized carbons (Fsp3) is 0.471. The molecule has 2 N–H and O–H groups in total. The molecule has 0 bridgehead atoms. The lowest BCUT2D eigenvalue weighted by atomic mass is 9.99. The van der Waals surface area contributed by atoms with Gasteiger partial charge in [-0.05, 0) is 44.0 Å². The number of aromatic amines is 1. The molecular formula is C17H20ClN3O. The summed E-state index contributed by atoms with van der Waals surface area (Å²) >= 11 is 6.00. The molecule has 5 heteroatoms. The van der Waals surface area contributed by atoms with Crippen LogP contribution in [0.15, 0.2) is 24.3 Å². The standard InChI is InChI=1S/C17H20ClN3O/c18-12-5-4-11-9-15(19-14(11)10-12)17(22)20-13-6-8-21-7-2-1-3-16(13)21/h4-5,9-10,13,16,19H,1-3,6-8H2,(H,20,22)/t13-,16+/m0/s1. The number of fused-ring (bicyclic) bond motifs is 2. The molecule has 0 spiro atoms. The zero-order valence-corrected chi connectivity index (χ0v) is 13.2. The van der Waals surface area contributed by atoms with Gasteiger partial charge in [-0.15, -0.1) is 0 Å². The number of hydrogen-bond donors (Lipinski definition) is 2. The van der Waals surface area contributed by atoms with Crippen LogP contribution in [-0.2, 0) is 0 Å². The average molecular weight is 318 g/mol. The molecule has 116 valence electrons. The number of halogens is 1. The third kappa shape index (κ3) is 2.50. The Morgan fingerprint density at radius 1 is 1.23 bits per heavy atom. The van der Waals surface area contributed by atoms with E-state index in [0.29, 0.717) is 16.8 Å². The summed E-state index contributed by atoms with van der Waals surface area (Å²) in [6.45, 7) is 2.29. The summed E-state index contributed by atoms with van der Waals surface area (Å²) in [6.07, 6.45) is 4.83. The van der Waals surface area contributed by atoms with Gasteiger partial charge in [0.25, 0.3) is 5.91 Å². The van der Waals surface area contributed by atoms with E-state index in [1.165, 1.54) is 25.8 Å². The molecule has 0 saturated carbocycles. The highest BCUT2D eigenvalue weighted by Crippen LogP contribution is 2.27. The van der Waals surface area contributed by atoms with Gasteiger partial charge in [0.15, 0.2) is 0 Å². The van der Waals surface area contributed by atoms with Gasteiger partial charge < -0.3 is 10.3 Å². The van der Waals surface area contributed by atoms with Crippen LogP contribution in [0.25, 0.3) is 10.9 Å². The van der Waals surface area contributed by atoms with Gasteiger partial charge in [0.1, 0.15) is 5.69 Å². The number of amides is 1. The van der Waals surface area contributed by atoms with Crippen LogP contribution in [0.1, 0.15) is 36.2 Å². The van der Waals surface area contributed by atoms with Crippen molar-refractivity contribution in [3.63, 3.8) is 0 Å². The van der Waals surface area contributed by atoms with E-state index < -0.39 is 0 Å². The summed E-state index contributed by atoms with van der Waals surface area (Å²) in [7, 11) is 0. The van der Waals surface area contributed by atoms with E-state index in [2.05, 4.69) is 15.2 Å². The van der Waals surface area contributed by atoms with Gasteiger partial charge in [-0.25, -0.2) is 0 Å². The molecule has 0 radical (unpaired) electrons. The number of piperidine rings is 1. The number of carbonyl (C=O) groups is 1. The summed E-state index contributed by atoms with van der Waals surface area (Å²) in [6, 6.07) is 8.33.